The summed E-state index contributed by atoms with van der Waals surface area (Å²) in [6.45, 7) is 2.79. The van der Waals surface area contributed by atoms with E-state index in [2.05, 4.69) is 5.32 Å². The highest BCUT2D eigenvalue weighted by molar-refractivity contribution is 7.89. The van der Waals surface area contributed by atoms with Gasteiger partial charge in [0.2, 0.25) is 10.0 Å². The van der Waals surface area contributed by atoms with Crippen molar-refractivity contribution in [2.75, 3.05) is 45.8 Å². The number of carbonyl (C=O) groups is 1. The molecule has 26 heavy (non-hydrogen) atoms. The van der Waals surface area contributed by atoms with Crippen LogP contribution in [-0.2, 0) is 10.0 Å². The number of hydrogen-bond donors (Lipinski definition) is 1. The molecular formula is C16H28F2N4O3S. The lowest BCUT2D eigenvalue weighted by atomic mass is 10.1. The van der Waals surface area contributed by atoms with Gasteiger partial charge in [0.05, 0.1) is 11.8 Å². The average Bonchev–Trinajstić information content (AvgIpc) is 3.27. The molecule has 3 fully saturated rings. The lowest BCUT2D eigenvalue weighted by Gasteiger charge is -2.34. The lowest BCUT2D eigenvalue weighted by Crippen LogP contribution is -2.51. The lowest BCUT2D eigenvalue weighted by molar-refractivity contribution is 0.0986. The highest BCUT2D eigenvalue weighted by Crippen LogP contribution is 2.24. The molecule has 3 saturated heterocycles. The Morgan fingerprint density at radius 2 is 1.69 bits per heavy atom. The van der Waals surface area contributed by atoms with Crippen molar-refractivity contribution in [1.82, 2.24) is 19.4 Å². The zero-order chi connectivity index (χ0) is 18.7. The molecule has 3 rings (SSSR count). The quantitative estimate of drug-likeness (QED) is 0.753. The van der Waals surface area contributed by atoms with E-state index >= 15 is 0 Å². The van der Waals surface area contributed by atoms with E-state index in [1.165, 1.54) is 0 Å². The van der Waals surface area contributed by atoms with E-state index in [-0.39, 0.29) is 18.6 Å². The molecule has 0 aromatic carbocycles. The zero-order valence-corrected chi connectivity index (χ0v) is 15.8. The van der Waals surface area contributed by atoms with Crippen molar-refractivity contribution in [3.8, 4) is 0 Å². The van der Waals surface area contributed by atoms with Crippen LogP contribution in [0.3, 0.4) is 0 Å². The number of nitrogens with zero attached hydrogens (tertiary/aromatic N) is 3. The van der Waals surface area contributed by atoms with Gasteiger partial charge in [-0.05, 0) is 32.1 Å². The normalized spacial score (nSPS) is 26.7. The molecule has 0 spiro atoms. The number of rotatable bonds is 5. The highest BCUT2D eigenvalue weighted by atomic mass is 32.2. The Hall–Kier alpha value is -1.00. The molecule has 0 aliphatic carbocycles. The minimum absolute atomic E-state index is 0.118. The van der Waals surface area contributed by atoms with Crippen molar-refractivity contribution in [3.05, 3.63) is 0 Å². The number of halogens is 2. The second kappa shape index (κ2) is 8.35. The summed E-state index contributed by atoms with van der Waals surface area (Å²) in [7, 11) is -3.25. The SMILES string of the molecule is O=C(N[C@@H]1CCN(CC(F)F)C1)N1CCC(S(=O)(=O)N2CCCC2)CC1. The minimum Gasteiger partial charge on any atom is -0.334 e. The molecule has 0 radical (unpaired) electrons. The van der Waals surface area contributed by atoms with E-state index in [9.17, 15) is 22.0 Å². The molecule has 3 aliphatic heterocycles. The Balaban J connectivity index is 1.44. The number of alkyl halides is 2. The summed E-state index contributed by atoms with van der Waals surface area (Å²) in [4.78, 5) is 15.7. The number of piperidine rings is 1. The Bertz CT molecular complexity index is 590. The predicted octanol–water partition coefficient (Wildman–Crippen LogP) is 0.925. The second-order valence-corrected chi connectivity index (χ2v) is 9.64. The van der Waals surface area contributed by atoms with Crippen LogP contribution in [0.4, 0.5) is 13.6 Å². The first-order valence-electron chi connectivity index (χ1n) is 9.41. The van der Waals surface area contributed by atoms with Crippen molar-refractivity contribution < 1.29 is 22.0 Å². The molecule has 150 valence electrons. The summed E-state index contributed by atoms with van der Waals surface area (Å²) >= 11 is 0. The van der Waals surface area contributed by atoms with Crippen molar-refractivity contribution >= 4 is 16.1 Å². The van der Waals surface area contributed by atoms with Gasteiger partial charge in [0.15, 0.2) is 0 Å². The van der Waals surface area contributed by atoms with Crippen molar-refractivity contribution in [1.29, 1.82) is 0 Å². The van der Waals surface area contributed by atoms with E-state index in [0.717, 1.165) is 12.8 Å². The van der Waals surface area contributed by atoms with Gasteiger partial charge in [-0.25, -0.2) is 26.3 Å². The Labute approximate surface area is 153 Å². The van der Waals surface area contributed by atoms with Crippen molar-refractivity contribution in [2.24, 2.45) is 0 Å². The largest absolute Gasteiger partial charge is 0.334 e. The number of nitrogens with one attached hydrogen (secondary N) is 1. The first-order chi connectivity index (χ1) is 12.4. The van der Waals surface area contributed by atoms with Crippen LogP contribution in [0.1, 0.15) is 32.1 Å². The third kappa shape index (κ3) is 4.64. The molecule has 0 aromatic rings. The van der Waals surface area contributed by atoms with E-state index in [1.807, 2.05) is 0 Å². The molecule has 10 heteroatoms. The Morgan fingerprint density at radius 3 is 2.31 bits per heavy atom. The summed E-state index contributed by atoms with van der Waals surface area (Å²) in [5.41, 5.74) is 0. The van der Waals surface area contributed by atoms with E-state index in [4.69, 9.17) is 0 Å². The van der Waals surface area contributed by atoms with Crippen molar-refractivity contribution in [2.45, 2.75) is 49.8 Å². The van der Waals surface area contributed by atoms with E-state index < -0.39 is 21.7 Å². The first-order valence-corrected chi connectivity index (χ1v) is 10.9. The smallest absolute Gasteiger partial charge is 0.317 e. The fraction of sp³-hybridized carbons (Fsp3) is 0.938. The van der Waals surface area contributed by atoms with Crippen LogP contribution in [0.5, 0.6) is 0 Å². The molecule has 0 saturated carbocycles. The maximum atomic E-state index is 12.6. The molecule has 1 atom stereocenters. The number of hydrogen-bond acceptors (Lipinski definition) is 4. The molecule has 1 N–H and O–H groups in total. The fourth-order valence-electron chi connectivity index (χ4n) is 4.09. The van der Waals surface area contributed by atoms with Crippen LogP contribution < -0.4 is 5.32 Å². The third-order valence-electron chi connectivity index (χ3n) is 5.57. The van der Waals surface area contributed by atoms with Crippen LogP contribution in [0.2, 0.25) is 0 Å². The number of amides is 2. The Kier molecular flexibility index (Phi) is 6.34. The number of urea groups is 1. The van der Waals surface area contributed by atoms with Gasteiger partial charge in [-0.2, -0.15) is 0 Å². The van der Waals surface area contributed by atoms with Gasteiger partial charge < -0.3 is 10.2 Å². The highest BCUT2D eigenvalue weighted by Gasteiger charge is 2.37. The topological polar surface area (TPSA) is 73.0 Å². The van der Waals surface area contributed by atoms with Crippen LogP contribution >= 0.6 is 0 Å². The summed E-state index contributed by atoms with van der Waals surface area (Å²) < 4.78 is 51.6. The standard InChI is InChI=1S/C16H28F2N4O3S/c17-15(18)12-20-8-3-13(11-20)19-16(23)21-9-4-14(5-10-21)26(24,25)22-6-1-2-7-22/h13-15H,1-12H2,(H,19,23)/t13-/m1/s1. The average molecular weight is 394 g/mol. The van der Waals surface area contributed by atoms with Gasteiger partial charge >= 0.3 is 6.03 Å². The molecule has 2 amide bonds. The minimum atomic E-state index is -3.25. The van der Waals surface area contributed by atoms with Crippen LogP contribution in [-0.4, -0.2) is 92.1 Å². The monoisotopic (exact) mass is 394 g/mol. The molecule has 0 aromatic heterocycles. The van der Waals surface area contributed by atoms with Crippen LogP contribution in [0.15, 0.2) is 0 Å². The summed E-state index contributed by atoms with van der Waals surface area (Å²) in [5, 5.41) is 2.50. The number of likely N-dealkylation sites (tertiary alicyclic amines) is 2. The molecule has 0 bridgehead atoms. The summed E-state index contributed by atoms with van der Waals surface area (Å²) in [6, 6.07) is -0.335. The molecule has 0 unspecified atom stereocenters. The second-order valence-electron chi connectivity index (χ2n) is 7.42. The molecule has 7 nitrogen and oxygen atoms in total. The zero-order valence-electron chi connectivity index (χ0n) is 14.9. The maximum absolute atomic E-state index is 12.6. The fourth-order valence-corrected chi connectivity index (χ4v) is 6.08. The van der Waals surface area contributed by atoms with Gasteiger partial charge in [0.25, 0.3) is 6.43 Å². The number of carbonyl (C=O) groups excluding carboxylic acids is 1. The third-order valence-corrected chi connectivity index (χ3v) is 7.97. The predicted molar refractivity (Wildman–Crippen MR) is 93.7 cm³/mol. The Morgan fingerprint density at radius 1 is 1.04 bits per heavy atom. The maximum Gasteiger partial charge on any atom is 0.317 e. The molecule has 3 heterocycles. The summed E-state index contributed by atoms with van der Waals surface area (Å²) in [6.07, 6.45) is 1.05. The first kappa shape index (κ1) is 19.8. The van der Waals surface area contributed by atoms with Gasteiger partial charge in [0.1, 0.15) is 0 Å². The van der Waals surface area contributed by atoms with E-state index in [0.29, 0.717) is 58.5 Å². The molecular weight excluding hydrogens is 366 g/mol. The van der Waals surface area contributed by atoms with Gasteiger partial charge in [-0.15, -0.1) is 0 Å². The van der Waals surface area contributed by atoms with Gasteiger partial charge in [0, 0.05) is 45.3 Å². The van der Waals surface area contributed by atoms with Crippen LogP contribution in [0, 0.1) is 0 Å². The van der Waals surface area contributed by atoms with E-state index in [1.54, 1.807) is 14.1 Å². The molecule has 3 aliphatic rings. The van der Waals surface area contributed by atoms with Crippen LogP contribution in [0.25, 0.3) is 0 Å². The summed E-state index contributed by atoms with van der Waals surface area (Å²) in [5.74, 6) is 0. The van der Waals surface area contributed by atoms with Crippen molar-refractivity contribution in [3.63, 3.8) is 0 Å². The van der Waals surface area contributed by atoms with Gasteiger partial charge in [-0.3, -0.25) is 4.90 Å². The van der Waals surface area contributed by atoms with Gasteiger partial charge in [-0.1, -0.05) is 0 Å². The number of sulfonamides is 1.